The topological polar surface area (TPSA) is 66.6 Å². The lowest BCUT2D eigenvalue weighted by atomic mass is 9.89. The molecule has 5 nitrogen and oxygen atoms in total. The van der Waals surface area contributed by atoms with Crippen LogP contribution in [-0.2, 0) is 16.0 Å². The van der Waals surface area contributed by atoms with Crippen LogP contribution in [0.25, 0.3) is 0 Å². The van der Waals surface area contributed by atoms with Crippen LogP contribution < -0.4 is 5.73 Å². The number of carbonyl (C=O) groups excluding carboxylic acids is 2. The van der Waals surface area contributed by atoms with Gasteiger partial charge in [0, 0.05) is 25.0 Å². The standard InChI is InChI=1S/C19H25Cl2N3O2.ClH/c20-16-4-3-13(9-17(16)21)10-18(25)24-8-5-14(19(22)26)11-15(24)12-23-6-1-2-7-23;/h3-4,9,14-15H,1-2,5-8,10-12H2,(H2,22,26);1H/t14-,15+;/m1./s1. The Labute approximate surface area is 176 Å². The van der Waals surface area contributed by atoms with Gasteiger partial charge in [0.05, 0.1) is 16.5 Å². The monoisotopic (exact) mass is 433 g/mol. The fourth-order valence-electron chi connectivity index (χ4n) is 4.00. The van der Waals surface area contributed by atoms with E-state index in [0.29, 0.717) is 29.4 Å². The molecule has 3 rings (SSSR count). The number of nitrogens with two attached hydrogens (primary N) is 1. The quantitative estimate of drug-likeness (QED) is 0.774. The number of piperidine rings is 1. The second-order valence-corrected chi connectivity index (χ2v) is 8.11. The lowest BCUT2D eigenvalue weighted by molar-refractivity contribution is -0.138. The van der Waals surface area contributed by atoms with E-state index in [1.807, 2.05) is 11.0 Å². The maximum Gasteiger partial charge on any atom is 0.227 e. The molecule has 0 aliphatic carbocycles. The third-order valence-corrected chi connectivity index (χ3v) is 6.18. The number of likely N-dealkylation sites (tertiary alicyclic amines) is 2. The summed E-state index contributed by atoms with van der Waals surface area (Å²) in [6, 6.07) is 5.33. The molecule has 2 N–H and O–H groups in total. The van der Waals surface area contributed by atoms with Gasteiger partial charge in [-0.2, -0.15) is 0 Å². The minimum absolute atomic E-state index is 0. The predicted molar refractivity (Wildman–Crippen MR) is 111 cm³/mol. The summed E-state index contributed by atoms with van der Waals surface area (Å²) < 4.78 is 0. The van der Waals surface area contributed by atoms with E-state index in [9.17, 15) is 9.59 Å². The highest BCUT2D eigenvalue weighted by molar-refractivity contribution is 6.42. The molecule has 0 spiro atoms. The number of hydrogen-bond donors (Lipinski definition) is 1. The molecule has 2 atom stereocenters. The van der Waals surface area contributed by atoms with E-state index in [-0.39, 0.29) is 42.6 Å². The van der Waals surface area contributed by atoms with E-state index in [1.54, 1.807) is 12.1 Å². The van der Waals surface area contributed by atoms with Crippen LogP contribution in [0.3, 0.4) is 0 Å². The average Bonchev–Trinajstić information content (AvgIpc) is 3.11. The molecule has 8 heteroatoms. The maximum atomic E-state index is 12.9. The SMILES string of the molecule is Cl.NC(=O)[C@@H]1CCN(C(=O)Cc2ccc(Cl)c(Cl)c2)[C@H](CN2CCCC2)C1. The Morgan fingerprint density at radius 2 is 1.81 bits per heavy atom. The zero-order valence-electron chi connectivity index (χ0n) is 15.2. The van der Waals surface area contributed by atoms with Crippen molar-refractivity contribution in [2.75, 3.05) is 26.2 Å². The molecule has 1 aromatic rings. The van der Waals surface area contributed by atoms with Gasteiger partial charge in [-0.15, -0.1) is 12.4 Å². The minimum Gasteiger partial charge on any atom is -0.369 e. The zero-order chi connectivity index (χ0) is 18.7. The molecule has 2 fully saturated rings. The highest BCUT2D eigenvalue weighted by atomic mass is 35.5. The van der Waals surface area contributed by atoms with Gasteiger partial charge in [0.25, 0.3) is 0 Å². The van der Waals surface area contributed by atoms with Crippen molar-refractivity contribution in [2.45, 2.75) is 38.1 Å². The van der Waals surface area contributed by atoms with E-state index in [2.05, 4.69) is 4.90 Å². The Kier molecular flexibility index (Phi) is 8.22. The lowest BCUT2D eigenvalue weighted by Gasteiger charge is -2.40. The summed E-state index contributed by atoms with van der Waals surface area (Å²) in [5.41, 5.74) is 6.38. The van der Waals surface area contributed by atoms with Gasteiger partial charge in [-0.1, -0.05) is 29.3 Å². The highest BCUT2D eigenvalue weighted by Gasteiger charge is 2.35. The highest BCUT2D eigenvalue weighted by Crippen LogP contribution is 2.27. The molecule has 1 aromatic carbocycles. The van der Waals surface area contributed by atoms with Crippen molar-refractivity contribution in [1.29, 1.82) is 0 Å². The first-order chi connectivity index (χ1) is 12.4. The Bertz CT molecular complexity index is 680. The van der Waals surface area contributed by atoms with Crippen molar-refractivity contribution in [1.82, 2.24) is 9.80 Å². The van der Waals surface area contributed by atoms with Crippen LogP contribution in [0.15, 0.2) is 18.2 Å². The largest absolute Gasteiger partial charge is 0.369 e. The molecule has 27 heavy (non-hydrogen) atoms. The average molecular weight is 435 g/mol. The van der Waals surface area contributed by atoms with Gasteiger partial charge in [0.2, 0.25) is 11.8 Å². The van der Waals surface area contributed by atoms with Gasteiger partial charge in [-0.05, 0) is 56.5 Å². The molecule has 0 unspecified atom stereocenters. The number of hydrogen-bond acceptors (Lipinski definition) is 3. The van der Waals surface area contributed by atoms with Crippen molar-refractivity contribution in [3.8, 4) is 0 Å². The number of primary amides is 1. The number of benzene rings is 1. The predicted octanol–water partition coefficient (Wildman–Crippen LogP) is 3.15. The molecule has 2 aliphatic rings. The Hall–Kier alpha value is -1.01. The van der Waals surface area contributed by atoms with E-state index in [1.165, 1.54) is 12.8 Å². The molecule has 0 bridgehead atoms. The van der Waals surface area contributed by atoms with Crippen molar-refractivity contribution in [3.63, 3.8) is 0 Å². The Morgan fingerprint density at radius 1 is 1.11 bits per heavy atom. The Balaban J connectivity index is 0.00000261. The molecule has 2 heterocycles. The van der Waals surface area contributed by atoms with Crippen molar-refractivity contribution in [2.24, 2.45) is 11.7 Å². The summed E-state index contributed by atoms with van der Waals surface area (Å²) in [5.74, 6) is -0.333. The molecular formula is C19H26Cl3N3O2. The maximum absolute atomic E-state index is 12.9. The second kappa shape index (κ2) is 9.97. The number of nitrogens with zero attached hydrogens (tertiary/aromatic N) is 2. The number of rotatable bonds is 5. The minimum atomic E-state index is -0.256. The summed E-state index contributed by atoms with van der Waals surface area (Å²) in [6.45, 7) is 3.52. The summed E-state index contributed by atoms with van der Waals surface area (Å²) in [6.07, 6.45) is 3.97. The first kappa shape index (κ1) is 22.3. The first-order valence-corrected chi connectivity index (χ1v) is 9.94. The first-order valence-electron chi connectivity index (χ1n) is 9.19. The second-order valence-electron chi connectivity index (χ2n) is 7.30. The number of halogens is 3. The van der Waals surface area contributed by atoms with Crippen LogP contribution >= 0.6 is 35.6 Å². The van der Waals surface area contributed by atoms with E-state index >= 15 is 0 Å². The van der Waals surface area contributed by atoms with E-state index in [4.69, 9.17) is 28.9 Å². The molecule has 0 aromatic heterocycles. The van der Waals surface area contributed by atoms with Gasteiger partial charge >= 0.3 is 0 Å². The van der Waals surface area contributed by atoms with Gasteiger partial charge in [0.15, 0.2) is 0 Å². The van der Waals surface area contributed by atoms with Crippen molar-refractivity contribution < 1.29 is 9.59 Å². The zero-order valence-corrected chi connectivity index (χ0v) is 17.5. The molecule has 2 saturated heterocycles. The van der Waals surface area contributed by atoms with Crippen molar-refractivity contribution in [3.05, 3.63) is 33.8 Å². The van der Waals surface area contributed by atoms with Crippen LogP contribution in [-0.4, -0.2) is 53.8 Å². The smallest absolute Gasteiger partial charge is 0.227 e. The van der Waals surface area contributed by atoms with Crippen LogP contribution in [0.4, 0.5) is 0 Å². The molecule has 0 radical (unpaired) electrons. The molecule has 0 saturated carbocycles. The Morgan fingerprint density at radius 3 is 2.44 bits per heavy atom. The summed E-state index contributed by atoms with van der Waals surface area (Å²) in [7, 11) is 0. The number of carbonyl (C=O) groups is 2. The van der Waals surface area contributed by atoms with Crippen LogP contribution in [0, 0.1) is 5.92 Å². The van der Waals surface area contributed by atoms with Crippen LogP contribution in [0.5, 0.6) is 0 Å². The van der Waals surface area contributed by atoms with Gasteiger partial charge in [0.1, 0.15) is 0 Å². The summed E-state index contributed by atoms with van der Waals surface area (Å²) >= 11 is 12.0. The molecule has 2 aliphatic heterocycles. The summed E-state index contributed by atoms with van der Waals surface area (Å²) in [5, 5.41) is 0.940. The molecule has 2 amide bonds. The van der Waals surface area contributed by atoms with Crippen LogP contribution in [0.1, 0.15) is 31.2 Å². The fourth-order valence-corrected chi connectivity index (χ4v) is 4.32. The normalized spacial score (nSPS) is 23.1. The molecular weight excluding hydrogens is 409 g/mol. The van der Waals surface area contributed by atoms with Crippen molar-refractivity contribution >= 4 is 47.4 Å². The number of amides is 2. The van der Waals surface area contributed by atoms with E-state index < -0.39 is 0 Å². The van der Waals surface area contributed by atoms with Gasteiger partial charge < -0.3 is 15.5 Å². The van der Waals surface area contributed by atoms with Crippen LogP contribution in [0.2, 0.25) is 10.0 Å². The van der Waals surface area contributed by atoms with E-state index in [0.717, 1.165) is 25.2 Å². The third kappa shape index (κ3) is 5.74. The molecule has 150 valence electrons. The van der Waals surface area contributed by atoms with Gasteiger partial charge in [-0.3, -0.25) is 9.59 Å². The summed E-state index contributed by atoms with van der Waals surface area (Å²) in [4.78, 5) is 28.9. The fraction of sp³-hybridized carbons (Fsp3) is 0.579. The van der Waals surface area contributed by atoms with Gasteiger partial charge in [-0.25, -0.2) is 0 Å². The lowest BCUT2D eigenvalue weighted by Crippen LogP contribution is -2.53. The third-order valence-electron chi connectivity index (χ3n) is 5.45.